The van der Waals surface area contributed by atoms with Gasteiger partial charge in [-0.05, 0) is 66.6 Å². The van der Waals surface area contributed by atoms with Gasteiger partial charge in [-0.1, -0.05) is 18.2 Å². The van der Waals surface area contributed by atoms with Crippen molar-refractivity contribution in [3.8, 4) is 17.2 Å². The molecule has 0 heterocycles. The lowest BCUT2D eigenvalue weighted by Gasteiger charge is -2.13. The van der Waals surface area contributed by atoms with Crippen LogP contribution in [0.1, 0.15) is 23.6 Å². The molecule has 0 spiro atoms. The van der Waals surface area contributed by atoms with Crippen LogP contribution in [-0.4, -0.2) is 44.3 Å². The number of alkyl halides is 3. The van der Waals surface area contributed by atoms with E-state index in [1.54, 1.807) is 44.4 Å². The molecule has 3 rings (SSSR count). The normalized spacial score (nSPS) is 11.0. The topological polar surface area (TPSA) is 127 Å². The van der Waals surface area contributed by atoms with E-state index < -0.39 is 36.1 Å². The Kier molecular flexibility index (Phi) is 10.7. The van der Waals surface area contributed by atoms with Crippen LogP contribution in [0.4, 0.5) is 18.9 Å². The van der Waals surface area contributed by atoms with Crippen LogP contribution >= 0.6 is 0 Å². The quantitative estimate of drug-likeness (QED) is 0.182. The summed E-state index contributed by atoms with van der Waals surface area (Å²) < 4.78 is 54.7. The Hall–Kier alpha value is -5.07. The molecular formula is C28H27F3N4O6. The third-order valence-corrected chi connectivity index (χ3v) is 5.30. The molecule has 0 aliphatic carbocycles. The lowest BCUT2D eigenvalue weighted by molar-refractivity contribution is -0.139. The van der Waals surface area contributed by atoms with Crippen LogP contribution in [0.25, 0.3) is 0 Å². The summed E-state index contributed by atoms with van der Waals surface area (Å²) >= 11 is 0. The second-order valence-corrected chi connectivity index (χ2v) is 8.28. The van der Waals surface area contributed by atoms with E-state index in [4.69, 9.17) is 14.2 Å². The Morgan fingerprint density at radius 1 is 0.927 bits per heavy atom. The van der Waals surface area contributed by atoms with Crippen molar-refractivity contribution in [2.75, 3.05) is 25.6 Å². The van der Waals surface area contributed by atoms with Crippen molar-refractivity contribution in [3.05, 3.63) is 83.4 Å². The highest BCUT2D eigenvalue weighted by molar-refractivity contribution is 6.35. The van der Waals surface area contributed by atoms with E-state index >= 15 is 0 Å². The van der Waals surface area contributed by atoms with Gasteiger partial charge in [0.15, 0.2) is 18.1 Å². The number of hydrogen-bond donors (Lipinski definition) is 3. The first-order chi connectivity index (χ1) is 19.6. The van der Waals surface area contributed by atoms with E-state index in [0.29, 0.717) is 11.3 Å². The molecule has 41 heavy (non-hydrogen) atoms. The summed E-state index contributed by atoms with van der Waals surface area (Å²) in [6.07, 6.45) is -3.26. The molecule has 0 bridgehead atoms. The molecule has 0 aliphatic rings. The van der Waals surface area contributed by atoms with Crippen LogP contribution in [0.2, 0.25) is 0 Å². The van der Waals surface area contributed by atoms with Crippen LogP contribution in [0.15, 0.2) is 71.8 Å². The Balaban J connectivity index is 1.52. The highest BCUT2D eigenvalue weighted by Gasteiger charge is 2.30. The SMILES string of the molecule is CCOc1cc(/C=N\NC(=O)C(=O)NCc2ccc(OC)cc2)ccc1OCC(=O)Nc1cccc(C(F)(F)F)c1. The van der Waals surface area contributed by atoms with Gasteiger partial charge in [0.05, 0.1) is 25.5 Å². The average Bonchev–Trinajstić information content (AvgIpc) is 2.95. The van der Waals surface area contributed by atoms with Gasteiger partial charge < -0.3 is 24.8 Å². The van der Waals surface area contributed by atoms with Crippen LogP contribution in [0, 0.1) is 0 Å². The number of anilines is 1. The van der Waals surface area contributed by atoms with Crippen molar-refractivity contribution in [1.82, 2.24) is 10.7 Å². The molecule has 0 aromatic heterocycles. The molecule has 0 fully saturated rings. The van der Waals surface area contributed by atoms with Gasteiger partial charge in [-0.2, -0.15) is 18.3 Å². The van der Waals surface area contributed by atoms with E-state index in [9.17, 15) is 27.6 Å². The summed E-state index contributed by atoms with van der Waals surface area (Å²) in [5, 5.41) is 8.61. The van der Waals surface area contributed by atoms with Crippen molar-refractivity contribution in [3.63, 3.8) is 0 Å². The number of hydrogen-bond acceptors (Lipinski definition) is 7. The fourth-order valence-electron chi connectivity index (χ4n) is 3.33. The largest absolute Gasteiger partial charge is 0.497 e. The number of methoxy groups -OCH3 is 1. The second-order valence-electron chi connectivity index (χ2n) is 8.28. The van der Waals surface area contributed by atoms with Gasteiger partial charge in [0.25, 0.3) is 5.91 Å². The van der Waals surface area contributed by atoms with Crippen LogP contribution in [0.3, 0.4) is 0 Å². The lowest BCUT2D eigenvalue weighted by Crippen LogP contribution is -2.37. The smallest absolute Gasteiger partial charge is 0.416 e. The minimum absolute atomic E-state index is 0.0264. The molecule has 0 unspecified atom stereocenters. The van der Waals surface area contributed by atoms with Crippen molar-refractivity contribution in [2.45, 2.75) is 19.6 Å². The molecule has 0 saturated heterocycles. The van der Waals surface area contributed by atoms with Crippen molar-refractivity contribution in [1.29, 1.82) is 0 Å². The number of carbonyl (C=O) groups excluding carboxylic acids is 3. The van der Waals surface area contributed by atoms with Gasteiger partial charge in [0.1, 0.15) is 5.75 Å². The summed E-state index contributed by atoms with van der Waals surface area (Å²) in [6, 6.07) is 15.8. The van der Waals surface area contributed by atoms with E-state index in [1.165, 1.54) is 30.5 Å². The number of hydrazone groups is 1. The highest BCUT2D eigenvalue weighted by atomic mass is 19.4. The predicted molar refractivity (Wildman–Crippen MR) is 144 cm³/mol. The van der Waals surface area contributed by atoms with Gasteiger partial charge in [0.2, 0.25) is 0 Å². The number of carbonyl (C=O) groups is 3. The monoisotopic (exact) mass is 572 g/mol. The summed E-state index contributed by atoms with van der Waals surface area (Å²) in [5.74, 6) is -1.40. The molecule has 0 saturated carbocycles. The second kappa shape index (κ2) is 14.4. The zero-order valence-electron chi connectivity index (χ0n) is 22.1. The minimum atomic E-state index is -4.54. The van der Waals surface area contributed by atoms with Gasteiger partial charge in [-0.25, -0.2) is 5.43 Å². The minimum Gasteiger partial charge on any atom is -0.497 e. The third kappa shape index (κ3) is 9.56. The molecule has 0 aliphatic heterocycles. The van der Waals surface area contributed by atoms with Gasteiger partial charge in [-0.3, -0.25) is 14.4 Å². The van der Waals surface area contributed by atoms with Crippen molar-refractivity contribution < 1.29 is 41.8 Å². The number of ether oxygens (including phenoxy) is 3. The molecule has 10 nitrogen and oxygen atoms in total. The molecule has 13 heteroatoms. The first-order valence-corrected chi connectivity index (χ1v) is 12.2. The maximum atomic E-state index is 12.9. The zero-order chi connectivity index (χ0) is 29.8. The fraction of sp³-hybridized carbons (Fsp3) is 0.214. The third-order valence-electron chi connectivity index (χ3n) is 5.30. The number of nitrogens with zero attached hydrogens (tertiary/aromatic N) is 1. The summed E-state index contributed by atoms with van der Waals surface area (Å²) in [7, 11) is 1.54. The van der Waals surface area contributed by atoms with Crippen molar-refractivity contribution in [2.24, 2.45) is 5.10 Å². The Bertz CT molecular complexity index is 1390. The van der Waals surface area contributed by atoms with Gasteiger partial charge >= 0.3 is 18.0 Å². The van der Waals surface area contributed by atoms with Crippen LogP contribution in [-0.2, 0) is 27.1 Å². The van der Waals surface area contributed by atoms with E-state index in [0.717, 1.165) is 17.7 Å². The number of halogens is 3. The molecule has 3 N–H and O–H groups in total. The Morgan fingerprint density at radius 3 is 2.37 bits per heavy atom. The molecule has 3 aromatic rings. The maximum absolute atomic E-state index is 12.9. The van der Waals surface area contributed by atoms with Crippen molar-refractivity contribution >= 4 is 29.6 Å². The predicted octanol–water partition coefficient (Wildman–Crippen LogP) is 3.90. The molecule has 0 radical (unpaired) electrons. The van der Waals surface area contributed by atoms with Gasteiger partial charge in [-0.15, -0.1) is 0 Å². The van der Waals surface area contributed by atoms with E-state index in [1.807, 2.05) is 0 Å². The molecule has 3 amide bonds. The molecule has 0 atom stereocenters. The van der Waals surface area contributed by atoms with E-state index in [2.05, 4.69) is 21.2 Å². The average molecular weight is 573 g/mol. The lowest BCUT2D eigenvalue weighted by atomic mass is 10.2. The highest BCUT2D eigenvalue weighted by Crippen LogP contribution is 2.31. The number of benzene rings is 3. The number of rotatable bonds is 11. The fourth-order valence-corrected chi connectivity index (χ4v) is 3.33. The standard InChI is InChI=1S/C28H27F3N4O6/c1-3-40-24-13-19(16-33-35-27(38)26(37)32-15-18-7-10-22(39-2)11-8-18)9-12-23(24)41-17-25(36)34-21-6-4-5-20(14-21)28(29,30)31/h4-14,16H,3,15,17H2,1-2H3,(H,32,37)(H,34,36)(H,35,38)/b33-16-. The molecule has 3 aromatic carbocycles. The van der Waals surface area contributed by atoms with Crippen LogP contribution in [0.5, 0.6) is 17.2 Å². The summed E-state index contributed by atoms with van der Waals surface area (Å²) in [5.41, 5.74) is 2.47. The first-order valence-electron chi connectivity index (χ1n) is 12.2. The zero-order valence-corrected chi connectivity index (χ0v) is 22.1. The summed E-state index contributed by atoms with van der Waals surface area (Å²) in [4.78, 5) is 36.3. The summed E-state index contributed by atoms with van der Waals surface area (Å²) in [6.45, 7) is 1.64. The number of amides is 3. The van der Waals surface area contributed by atoms with Gasteiger partial charge in [0, 0.05) is 12.2 Å². The maximum Gasteiger partial charge on any atom is 0.416 e. The molecular weight excluding hydrogens is 545 g/mol. The van der Waals surface area contributed by atoms with E-state index in [-0.39, 0.29) is 30.3 Å². The molecule has 216 valence electrons. The Morgan fingerprint density at radius 2 is 1.68 bits per heavy atom. The first kappa shape index (κ1) is 30.5. The van der Waals surface area contributed by atoms with Crippen LogP contribution < -0.4 is 30.3 Å². The number of nitrogens with one attached hydrogen (secondary N) is 3. The Labute approximate surface area is 233 Å².